The molecule has 6 nitrogen and oxygen atoms in total. The average Bonchev–Trinajstić information content (AvgIpc) is 2.70. The molecule has 6 heteroatoms. The van der Waals surface area contributed by atoms with E-state index in [-0.39, 0.29) is 17.0 Å². The van der Waals surface area contributed by atoms with Gasteiger partial charge >= 0.3 is 5.97 Å². The minimum Gasteiger partial charge on any atom is -0.507 e. The fourth-order valence-electron chi connectivity index (χ4n) is 3.03. The summed E-state index contributed by atoms with van der Waals surface area (Å²) in [6.45, 7) is -0.434. The van der Waals surface area contributed by atoms with Gasteiger partial charge in [0.1, 0.15) is 5.75 Å². The van der Waals surface area contributed by atoms with Gasteiger partial charge in [-0.2, -0.15) is 0 Å². The van der Waals surface area contributed by atoms with Crippen molar-refractivity contribution in [2.75, 3.05) is 11.9 Å². The van der Waals surface area contributed by atoms with Crippen LogP contribution in [0.3, 0.4) is 0 Å². The fraction of sp³-hybridized carbons (Fsp3) is 0.0909. The Morgan fingerprint density at radius 3 is 2.14 bits per heavy atom. The minimum atomic E-state index is -1.21. The molecule has 0 saturated carbocycles. The van der Waals surface area contributed by atoms with Crippen LogP contribution in [-0.2, 0) is 4.79 Å². The molecular formula is C22H19NO5. The third-order valence-corrected chi connectivity index (χ3v) is 4.44. The Labute approximate surface area is 161 Å². The second kappa shape index (κ2) is 8.37. The van der Waals surface area contributed by atoms with Gasteiger partial charge in [0.25, 0.3) is 0 Å². The van der Waals surface area contributed by atoms with Gasteiger partial charge in [-0.3, -0.25) is 4.79 Å². The second-order valence-electron chi connectivity index (χ2n) is 6.19. The predicted octanol–water partition coefficient (Wildman–Crippen LogP) is 3.47. The molecule has 0 aliphatic rings. The Balaban J connectivity index is 2.06. The summed E-state index contributed by atoms with van der Waals surface area (Å²) in [7, 11) is 0. The van der Waals surface area contributed by atoms with Gasteiger partial charge in [0.05, 0.1) is 23.8 Å². The van der Waals surface area contributed by atoms with Gasteiger partial charge in [-0.1, -0.05) is 60.7 Å². The number of aliphatic hydroxyl groups excluding tert-OH is 1. The minimum absolute atomic E-state index is 0.0395. The quantitative estimate of drug-likeness (QED) is 0.526. The van der Waals surface area contributed by atoms with Gasteiger partial charge in [0, 0.05) is 11.1 Å². The number of hydrogen-bond acceptors (Lipinski definition) is 4. The number of aromatic carboxylic acids is 1. The molecule has 4 N–H and O–H groups in total. The summed E-state index contributed by atoms with van der Waals surface area (Å²) in [5.41, 5.74) is 1.33. The van der Waals surface area contributed by atoms with E-state index >= 15 is 0 Å². The SMILES string of the molecule is O=C(O)c1cccc(-c2ccccc2O)c1NC(=O)C(CO)c1ccccc1. The van der Waals surface area contributed by atoms with Gasteiger partial charge in [-0.15, -0.1) is 0 Å². The van der Waals surface area contributed by atoms with Gasteiger partial charge in [-0.05, 0) is 17.7 Å². The van der Waals surface area contributed by atoms with Crippen LogP contribution in [0.4, 0.5) is 5.69 Å². The van der Waals surface area contributed by atoms with Crippen LogP contribution in [0.1, 0.15) is 21.8 Å². The molecule has 0 aliphatic heterocycles. The lowest BCUT2D eigenvalue weighted by Crippen LogP contribution is -2.25. The Bertz CT molecular complexity index is 1000. The lowest BCUT2D eigenvalue weighted by Gasteiger charge is -2.19. The van der Waals surface area contributed by atoms with E-state index in [1.165, 1.54) is 12.1 Å². The number of nitrogens with one attached hydrogen (secondary N) is 1. The number of carbonyl (C=O) groups is 2. The average molecular weight is 377 g/mol. The highest BCUT2D eigenvalue weighted by Crippen LogP contribution is 2.36. The highest BCUT2D eigenvalue weighted by molar-refractivity contribution is 6.07. The number of carboxylic acid groups (broad SMARTS) is 1. The lowest BCUT2D eigenvalue weighted by atomic mass is 9.96. The van der Waals surface area contributed by atoms with E-state index in [0.717, 1.165) is 0 Å². The smallest absolute Gasteiger partial charge is 0.337 e. The van der Waals surface area contributed by atoms with Crippen LogP contribution in [0.15, 0.2) is 72.8 Å². The largest absolute Gasteiger partial charge is 0.507 e. The van der Waals surface area contributed by atoms with Crippen LogP contribution in [0.2, 0.25) is 0 Å². The number of aromatic hydroxyl groups is 1. The second-order valence-corrected chi connectivity index (χ2v) is 6.19. The Kier molecular flexibility index (Phi) is 5.72. The van der Waals surface area contributed by atoms with Crippen molar-refractivity contribution in [1.29, 1.82) is 0 Å². The van der Waals surface area contributed by atoms with Crippen molar-refractivity contribution >= 4 is 17.6 Å². The van der Waals surface area contributed by atoms with Crippen LogP contribution >= 0.6 is 0 Å². The molecule has 3 aromatic carbocycles. The first-order valence-electron chi connectivity index (χ1n) is 8.64. The van der Waals surface area contributed by atoms with Gasteiger partial charge < -0.3 is 20.6 Å². The van der Waals surface area contributed by atoms with Crippen molar-refractivity contribution in [1.82, 2.24) is 0 Å². The Morgan fingerprint density at radius 2 is 1.50 bits per heavy atom. The highest BCUT2D eigenvalue weighted by atomic mass is 16.4. The van der Waals surface area contributed by atoms with Crippen LogP contribution in [0.25, 0.3) is 11.1 Å². The van der Waals surface area contributed by atoms with E-state index < -0.39 is 24.4 Å². The van der Waals surface area contributed by atoms with E-state index in [2.05, 4.69) is 5.32 Å². The first kappa shape index (κ1) is 19.1. The normalized spacial score (nSPS) is 11.6. The zero-order valence-corrected chi connectivity index (χ0v) is 14.9. The zero-order chi connectivity index (χ0) is 20.1. The van der Waals surface area contributed by atoms with Crippen molar-refractivity contribution in [2.24, 2.45) is 0 Å². The molecule has 0 aromatic heterocycles. The molecule has 0 heterocycles. The maximum absolute atomic E-state index is 12.9. The van der Waals surface area contributed by atoms with Crippen LogP contribution < -0.4 is 5.32 Å². The van der Waals surface area contributed by atoms with Crippen LogP contribution in [0.5, 0.6) is 5.75 Å². The molecule has 1 atom stereocenters. The van der Waals surface area contributed by atoms with Crippen LogP contribution in [0, 0.1) is 0 Å². The molecule has 3 rings (SSSR count). The first-order chi connectivity index (χ1) is 13.5. The van der Waals surface area contributed by atoms with E-state index in [9.17, 15) is 24.9 Å². The van der Waals surface area contributed by atoms with E-state index in [1.54, 1.807) is 60.7 Å². The molecule has 3 aromatic rings. The van der Waals surface area contributed by atoms with Gasteiger partial charge in [0.15, 0.2) is 0 Å². The standard InChI is InChI=1S/C22H19NO5/c24-13-18(14-7-2-1-3-8-14)21(26)23-20-16(10-6-11-17(20)22(27)28)15-9-4-5-12-19(15)25/h1-12,18,24-25H,13H2,(H,23,26)(H,27,28). The topological polar surface area (TPSA) is 107 Å². The number of rotatable bonds is 6. The lowest BCUT2D eigenvalue weighted by molar-refractivity contribution is -0.118. The molecule has 0 aliphatic carbocycles. The number of carboxylic acids is 1. The van der Waals surface area contributed by atoms with Gasteiger partial charge in [-0.25, -0.2) is 4.79 Å². The van der Waals surface area contributed by atoms with Crippen molar-refractivity contribution < 1.29 is 24.9 Å². The number of phenols is 1. The molecular weight excluding hydrogens is 358 g/mol. The molecule has 0 saturated heterocycles. The fourth-order valence-corrected chi connectivity index (χ4v) is 3.03. The van der Waals surface area contributed by atoms with Crippen molar-refractivity contribution in [3.05, 3.63) is 83.9 Å². The van der Waals surface area contributed by atoms with E-state index in [4.69, 9.17) is 0 Å². The van der Waals surface area contributed by atoms with Crippen LogP contribution in [-0.4, -0.2) is 33.8 Å². The predicted molar refractivity (Wildman–Crippen MR) is 105 cm³/mol. The number of benzene rings is 3. The van der Waals surface area contributed by atoms with Crippen molar-refractivity contribution in [2.45, 2.75) is 5.92 Å². The number of amides is 1. The maximum Gasteiger partial charge on any atom is 0.337 e. The maximum atomic E-state index is 12.9. The summed E-state index contributed by atoms with van der Waals surface area (Å²) in [5.74, 6) is -2.66. The van der Waals surface area contributed by atoms with Crippen molar-refractivity contribution in [3.63, 3.8) is 0 Å². The van der Waals surface area contributed by atoms with E-state index in [0.29, 0.717) is 16.7 Å². The summed E-state index contributed by atoms with van der Waals surface area (Å²) in [5, 5.41) is 32.1. The van der Waals surface area contributed by atoms with Crippen molar-refractivity contribution in [3.8, 4) is 16.9 Å². The molecule has 142 valence electrons. The summed E-state index contributed by atoms with van der Waals surface area (Å²) in [6, 6.07) is 19.7. The number of para-hydroxylation sites is 2. The third-order valence-electron chi connectivity index (χ3n) is 4.44. The zero-order valence-electron chi connectivity index (χ0n) is 14.9. The number of anilines is 1. The molecule has 1 unspecified atom stereocenters. The molecule has 1 amide bonds. The number of carbonyl (C=O) groups excluding carboxylic acids is 1. The third kappa shape index (κ3) is 3.87. The number of aliphatic hydroxyl groups is 1. The molecule has 0 bridgehead atoms. The highest BCUT2D eigenvalue weighted by Gasteiger charge is 2.24. The first-order valence-corrected chi connectivity index (χ1v) is 8.64. The number of hydrogen-bond donors (Lipinski definition) is 4. The summed E-state index contributed by atoms with van der Waals surface area (Å²) in [4.78, 5) is 24.6. The summed E-state index contributed by atoms with van der Waals surface area (Å²) in [6.07, 6.45) is 0. The van der Waals surface area contributed by atoms with Gasteiger partial charge in [0.2, 0.25) is 5.91 Å². The Hall–Kier alpha value is -3.64. The molecule has 0 spiro atoms. The summed E-state index contributed by atoms with van der Waals surface area (Å²) >= 11 is 0. The molecule has 0 radical (unpaired) electrons. The molecule has 28 heavy (non-hydrogen) atoms. The monoisotopic (exact) mass is 377 g/mol. The number of phenolic OH excluding ortho intramolecular Hbond substituents is 1. The molecule has 0 fully saturated rings. The summed E-state index contributed by atoms with van der Waals surface area (Å²) < 4.78 is 0. The van der Waals surface area contributed by atoms with E-state index in [1.807, 2.05) is 0 Å². The Morgan fingerprint density at radius 1 is 0.857 bits per heavy atom.